The van der Waals surface area contributed by atoms with Crippen molar-refractivity contribution in [3.8, 4) is 5.75 Å². The Kier molecular flexibility index (Phi) is 5.38. The summed E-state index contributed by atoms with van der Waals surface area (Å²) in [6.45, 7) is 6.40. The zero-order valence-electron chi connectivity index (χ0n) is 13.2. The number of rotatable bonds is 4. The Morgan fingerprint density at radius 3 is 2.55 bits per heavy atom. The summed E-state index contributed by atoms with van der Waals surface area (Å²) in [4.78, 5) is 25.2. The average Bonchev–Trinajstić information content (AvgIpc) is 2.44. The molecule has 0 radical (unpaired) electrons. The third-order valence-electron chi connectivity index (χ3n) is 3.32. The fraction of sp³-hybridized carbons (Fsp3) is 0.500. The predicted octanol–water partition coefficient (Wildman–Crippen LogP) is 1.66. The fourth-order valence-corrected chi connectivity index (χ4v) is 2.50. The first-order valence-electron chi connectivity index (χ1n) is 7.38. The van der Waals surface area contributed by atoms with Gasteiger partial charge in [-0.25, -0.2) is 0 Å². The van der Waals surface area contributed by atoms with Crippen LogP contribution >= 0.6 is 0 Å². The van der Waals surface area contributed by atoms with Crippen molar-refractivity contribution in [2.75, 3.05) is 25.0 Å². The van der Waals surface area contributed by atoms with E-state index in [9.17, 15) is 9.59 Å². The number of morpholine rings is 1. The van der Waals surface area contributed by atoms with Gasteiger partial charge in [-0.1, -0.05) is 12.1 Å². The quantitative estimate of drug-likeness (QED) is 0.918. The lowest BCUT2D eigenvalue weighted by atomic mass is 10.2. The van der Waals surface area contributed by atoms with Gasteiger partial charge in [0.1, 0.15) is 5.75 Å². The number of nitrogens with zero attached hydrogens (tertiary/aromatic N) is 1. The van der Waals surface area contributed by atoms with Crippen molar-refractivity contribution < 1.29 is 19.1 Å². The maximum Gasteiger partial charge on any atom is 0.260 e. The highest BCUT2D eigenvalue weighted by atomic mass is 16.5. The van der Waals surface area contributed by atoms with Crippen LogP contribution in [0.5, 0.6) is 5.75 Å². The molecule has 22 heavy (non-hydrogen) atoms. The molecule has 0 aromatic heterocycles. The molecule has 0 spiro atoms. The van der Waals surface area contributed by atoms with E-state index in [-0.39, 0.29) is 30.6 Å². The summed E-state index contributed by atoms with van der Waals surface area (Å²) in [5.41, 5.74) is 0.562. The van der Waals surface area contributed by atoms with Crippen LogP contribution in [0.3, 0.4) is 0 Å². The normalized spacial score (nSPS) is 21.3. The fourth-order valence-electron chi connectivity index (χ4n) is 2.50. The van der Waals surface area contributed by atoms with Crippen LogP contribution in [0.25, 0.3) is 0 Å². The molecule has 0 saturated carbocycles. The molecule has 1 aliphatic rings. The molecule has 0 unspecified atom stereocenters. The lowest BCUT2D eigenvalue weighted by Crippen LogP contribution is -2.49. The maximum absolute atomic E-state index is 12.3. The molecule has 0 aliphatic carbocycles. The molecule has 2 atom stereocenters. The first-order chi connectivity index (χ1) is 10.5. The Balaban J connectivity index is 1.95. The number of anilines is 1. The Bertz CT molecular complexity index is 537. The van der Waals surface area contributed by atoms with Gasteiger partial charge in [0.05, 0.1) is 17.9 Å². The molecule has 120 valence electrons. The number of carbonyl (C=O) groups is 2. The highest BCUT2D eigenvalue weighted by molar-refractivity contribution is 5.90. The van der Waals surface area contributed by atoms with Gasteiger partial charge in [-0.3, -0.25) is 9.59 Å². The molecule has 1 aliphatic heterocycles. The van der Waals surface area contributed by atoms with Crippen molar-refractivity contribution in [1.29, 1.82) is 0 Å². The molecule has 1 saturated heterocycles. The Morgan fingerprint density at radius 2 is 1.91 bits per heavy atom. The SMILES string of the molecule is CC(=O)Nc1ccccc1OCC(=O)N1C[C@@H](C)O[C@H](C)C1. The zero-order valence-corrected chi connectivity index (χ0v) is 13.2. The van der Waals surface area contributed by atoms with Crippen LogP contribution in [0, 0.1) is 0 Å². The van der Waals surface area contributed by atoms with E-state index in [1.54, 1.807) is 29.2 Å². The Labute approximate surface area is 130 Å². The topological polar surface area (TPSA) is 67.9 Å². The van der Waals surface area contributed by atoms with Crippen LogP contribution < -0.4 is 10.1 Å². The Morgan fingerprint density at radius 1 is 1.27 bits per heavy atom. The molecule has 1 aromatic carbocycles. The number of carbonyl (C=O) groups excluding carboxylic acids is 2. The number of ether oxygens (including phenoxy) is 2. The lowest BCUT2D eigenvalue weighted by molar-refractivity contribution is -0.145. The van der Waals surface area contributed by atoms with Gasteiger partial charge < -0.3 is 19.7 Å². The third kappa shape index (κ3) is 4.46. The van der Waals surface area contributed by atoms with Gasteiger partial charge in [-0.2, -0.15) is 0 Å². The molecule has 1 heterocycles. The molecule has 6 heteroatoms. The lowest BCUT2D eigenvalue weighted by Gasteiger charge is -2.35. The Hall–Kier alpha value is -2.08. The van der Waals surface area contributed by atoms with Crippen molar-refractivity contribution in [1.82, 2.24) is 4.90 Å². The van der Waals surface area contributed by atoms with E-state index in [4.69, 9.17) is 9.47 Å². The van der Waals surface area contributed by atoms with Crippen LogP contribution in [0.1, 0.15) is 20.8 Å². The van der Waals surface area contributed by atoms with Gasteiger partial charge in [0.25, 0.3) is 5.91 Å². The second-order valence-corrected chi connectivity index (χ2v) is 5.52. The molecule has 2 amide bonds. The summed E-state index contributed by atoms with van der Waals surface area (Å²) in [5.74, 6) is 0.221. The highest BCUT2D eigenvalue weighted by Crippen LogP contribution is 2.23. The molecular formula is C16H22N2O4. The van der Waals surface area contributed by atoms with Crippen molar-refractivity contribution >= 4 is 17.5 Å². The number of hydrogen-bond acceptors (Lipinski definition) is 4. The number of benzene rings is 1. The number of hydrogen-bond donors (Lipinski definition) is 1. The predicted molar refractivity (Wildman–Crippen MR) is 82.8 cm³/mol. The average molecular weight is 306 g/mol. The molecule has 6 nitrogen and oxygen atoms in total. The van der Waals surface area contributed by atoms with E-state index < -0.39 is 0 Å². The minimum atomic E-state index is -0.182. The van der Waals surface area contributed by atoms with Crippen LogP contribution in [0.4, 0.5) is 5.69 Å². The number of amides is 2. The molecule has 2 rings (SSSR count). The first kappa shape index (κ1) is 16.3. The minimum Gasteiger partial charge on any atom is -0.482 e. The second kappa shape index (κ2) is 7.26. The molecular weight excluding hydrogens is 284 g/mol. The van der Waals surface area contributed by atoms with Gasteiger partial charge in [0.2, 0.25) is 5.91 Å². The van der Waals surface area contributed by atoms with Crippen LogP contribution in [0.2, 0.25) is 0 Å². The van der Waals surface area contributed by atoms with Crippen molar-refractivity contribution in [3.63, 3.8) is 0 Å². The zero-order chi connectivity index (χ0) is 16.1. The van der Waals surface area contributed by atoms with Crippen LogP contribution in [-0.4, -0.2) is 48.6 Å². The summed E-state index contributed by atoms with van der Waals surface area (Å²) < 4.78 is 11.2. The maximum atomic E-state index is 12.3. The number of nitrogens with one attached hydrogen (secondary N) is 1. The molecule has 1 aromatic rings. The van der Waals surface area contributed by atoms with E-state index in [1.807, 2.05) is 13.8 Å². The monoisotopic (exact) mass is 306 g/mol. The smallest absolute Gasteiger partial charge is 0.260 e. The van der Waals surface area contributed by atoms with Crippen molar-refractivity contribution in [2.24, 2.45) is 0 Å². The van der Waals surface area contributed by atoms with Gasteiger partial charge in [-0.15, -0.1) is 0 Å². The summed E-state index contributed by atoms with van der Waals surface area (Å²) in [6, 6.07) is 7.05. The summed E-state index contributed by atoms with van der Waals surface area (Å²) in [7, 11) is 0. The number of para-hydroxylation sites is 2. The van der Waals surface area contributed by atoms with E-state index in [2.05, 4.69) is 5.32 Å². The van der Waals surface area contributed by atoms with E-state index >= 15 is 0 Å². The van der Waals surface area contributed by atoms with E-state index in [0.717, 1.165) is 0 Å². The minimum absolute atomic E-state index is 0.0272. The third-order valence-corrected chi connectivity index (χ3v) is 3.32. The molecule has 1 fully saturated rings. The van der Waals surface area contributed by atoms with Gasteiger partial charge in [0, 0.05) is 20.0 Å². The van der Waals surface area contributed by atoms with Gasteiger partial charge in [0.15, 0.2) is 6.61 Å². The van der Waals surface area contributed by atoms with E-state index in [1.165, 1.54) is 6.92 Å². The standard InChI is InChI=1S/C16H22N2O4/c1-11-8-18(9-12(2)22-11)16(20)10-21-15-7-5-4-6-14(15)17-13(3)19/h4-7,11-12H,8-10H2,1-3H3,(H,17,19)/t11-,12-/m1/s1. The van der Waals surface area contributed by atoms with Crippen molar-refractivity contribution in [2.45, 2.75) is 33.0 Å². The molecule has 1 N–H and O–H groups in total. The summed E-state index contributed by atoms with van der Waals surface area (Å²) in [5, 5.41) is 2.68. The van der Waals surface area contributed by atoms with Crippen molar-refractivity contribution in [3.05, 3.63) is 24.3 Å². The second-order valence-electron chi connectivity index (χ2n) is 5.52. The molecule has 0 bridgehead atoms. The van der Waals surface area contributed by atoms with Gasteiger partial charge >= 0.3 is 0 Å². The van der Waals surface area contributed by atoms with Crippen LogP contribution in [0.15, 0.2) is 24.3 Å². The largest absolute Gasteiger partial charge is 0.482 e. The van der Waals surface area contributed by atoms with E-state index in [0.29, 0.717) is 24.5 Å². The summed E-state index contributed by atoms with van der Waals surface area (Å²) in [6.07, 6.45) is 0.0544. The van der Waals surface area contributed by atoms with Crippen LogP contribution in [-0.2, 0) is 14.3 Å². The van der Waals surface area contributed by atoms with Gasteiger partial charge in [-0.05, 0) is 26.0 Å². The first-order valence-corrected chi connectivity index (χ1v) is 7.38. The summed E-state index contributed by atoms with van der Waals surface area (Å²) >= 11 is 0. The highest BCUT2D eigenvalue weighted by Gasteiger charge is 2.26.